The molecule has 0 spiro atoms. The standard InChI is InChI=1S/C30H51N7/c1-7-13-25-19-28(16-10-4)35(31-25)22-34(23-36-29(17-11-5)20-26(32-36)14-8-2)24-37-30(18-12-6)21-27(33-37)15-9-3/h19-21H,7-18,22-24H2,1-6H3. The maximum atomic E-state index is 5.04. The molecule has 0 saturated heterocycles. The average molecular weight is 510 g/mol. The summed E-state index contributed by atoms with van der Waals surface area (Å²) in [6.45, 7) is 15.7. The molecule has 0 fully saturated rings. The molecule has 0 aromatic carbocycles. The topological polar surface area (TPSA) is 56.7 Å². The lowest BCUT2D eigenvalue weighted by Crippen LogP contribution is -2.34. The van der Waals surface area contributed by atoms with Gasteiger partial charge in [0, 0.05) is 17.1 Å². The van der Waals surface area contributed by atoms with Crippen LogP contribution in [0.1, 0.15) is 114 Å². The molecule has 3 aromatic heterocycles. The van der Waals surface area contributed by atoms with E-state index >= 15 is 0 Å². The minimum atomic E-state index is 0.738. The number of rotatable bonds is 18. The molecule has 0 radical (unpaired) electrons. The van der Waals surface area contributed by atoms with Crippen LogP contribution in [0, 0.1) is 0 Å². The van der Waals surface area contributed by atoms with Crippen LogP contribution in [0.25, 0.3) is 0 Å². The number of hydrogen-bond acceptors (Lipinski definition) is 4. The summed E-state index contributed by atoms with van der Waals surface area (Å²) in [6, 6.07) is 6.95. The summed E-state index contributed by atoms with van der Waals surface area (Å²) in [4.78, 5) is 2.46. The number of aromatic nitrogens is 6. The van der Waals surface area contributed by atoms with E-state index in [2.05, 4.69) is 78.7 Å². The van der Waals surface area contributed by atoms with Gasteiger partial charge in [0.2, 0.25) is 0 Å². The van der Waals surface area contributed by atoms with Gasteiger partial charge in [0.05, 0.1) is 37.1 Å². The zero-order chi connectivity index (χ0) is 26.6. The molecule has 37 heavy (non-hydrogen) atoms. The van der Waals surface area contributed by atoms with Crippen LogP contribution in [0.5, 0.6) is 0 Å². The van der Waals surface area contributed by atoms with Gasteiger partial charge in [-0.05, 0) is 56.7 Å². The van der Waals surface area contributed by atoms with Gasteiger partial charge in [-0.2, -0.15) is 15.3 Å². The zero-order valence-corrected chi connectivity index (χ0v) is 24.5. The lowest BCUT2D eigenvalue weighted by Gasteiger charge is -2.25. The van der Waals surface area contributed by atoms with Crippen molar-refractivity contribution < 1.29 is 0 Å². The van der Waals surface area contributed by atoms with E-state index in [-0.39, 0.29) is 0 Å². The molecular formula is C30H51N7. The predicted molar refractivity (Wildman–Crippen MR) is 152 cm³/mol. The molecule has 7 heteroatoms. The lowest BCUT2D eigenvalue weighted by atomic mass is 10.2. The average Bonchev–Trinajstić information content (AvgIpc) is 3.53. The van der Waals surface area contributed by atoms with Crippen LogP contribution in [0.2, 0.25) is 0 Å². The second kappa shape index (κ2) is 15.1. The summed E-state index contributed by atoms with van der Waals surface area (Å²) < 4.78 is 6.71. The largest absolute Gasteiger partial charge is 0.255 e. The molecule has 0 saturated carbocycles. The Morgan fingerprint density at radius 1 is 0.459 bits per heavy atom. The third-order valence-electron chi connectivity index (χ3n) is 6.78. The van der Waals surface area contributed by atoms with Crippen molar-refractivity contribution in [3.63, 3.8) is 0 Å². The van der Waals surface area contributed by atoms with E-state index in [0.29, 0.717) is 0 Å². The van der Waals surface area contributed by atoms with Crippen molar-refractivity contribution in [1.29, 1.82) is 0 Å². The monoisotopic (exact) mass is 509 g/mol. The van der Waals surface area contributed by atoms with Crippen LogP contribution in [-0.2, 0) is 58.5 Å². The van der Waals surface area contributed by atoms with Crippen molar-refractivity contribution >= 4 is 0 Å². The number of aryl methyl sites for hydroxylation is 6. The van der Waals surface area contributed by atoms with Crippen LogP contribution < -0.4 is 0 Å². The van der Waals surface area contributed by atoms with Crippen LogP contribution in [0.3, 0.4) is 0 Å². The van der Waals surface area contributed by atoms with Gasteiger partial charge >= 0.3 is 0 Å². The Labute approximate surface area is 225 Å². The van der Waals surface area contributed by atoms with Gasteiger partial charge in [-0.3, -0.25) is 14.0 Å². The minimum Gasteiger partial charge on any atom is -0.255 e. The van der Waals surface area contributed by atoms with Gasteiger partial charge in [-0.25, -0.2) is 4.90 Å². The van der Waals surface area contributed by atoms with Gasteiger partial charge < -0.3 is 0 Å². The molecule has 0 atom stereocenters. The third-order valence-corrected chi connectivity index (χ3v) is 6.78. The van der Waals surface area contributed by atoms with Crippen molar-refractivity contribution in [2.75, 3.05) is 0 Å². The molecule has 0 N–H and O–H groups in total. The van der Waals surface area contributed by atoms with Crippen LogP contribution in [0.15, 0.2) is 18.2 Å². The van der Waals surface area contributed by atoms with Crippen molar-refractivity contribution in [2.24, 2.45) is 0 Å². The highest BCUT2D eigenvalue weighted by atomic mass is 15.5. The van der Waals surface area contributed by atoms with E-state index in [4.69, 9.17) is 15.3 Å². The maximum absolute atomic E-state index is 5.04. The van der Waals surface area contributed by atoms with Crippen LogP contribution >= 0.6 is 0 Å². The SMILES string of the molecule is CCCc1cc(CCC)n(CN(Cn2nc(CCC)cc2CCC)Cn2nc(CCC)cc2CCC)n1. The first-order chi connectivity index (χ1) is 18.0. The Morgan fingerprint density at radius 3 is 0.973 bits per heavy atom. The summed E-state index contributed by atoms with van der Waals surface area (Å²) in [7, 11) is 0. The first-order valence-corrected chi connectivity index (χ1v) is 14.9. The summed E-state index contributed by atoms with van der Waals surface area (Å²) in [5.74, 6) is 0. The second-order valence-electron chi connectivity index (χ2n) is 10.5. The van der Waals surface area contributed by atoms with Gasteiger partial charge in [0.25, 0.3) is 0 Å². The first-order valence-electron chi connectivity index (χ1n) is 14.9. The van der Waals surface area contributed by atoms with Crippen LogP contribution in [0.4, 0.5) is 0 Å². The van der Waals surface area contributed by atoms with Gasteiger partial charge in [-0.15, -0.1) is 0 Å². The molecule has 7 nitrogen and oxygen atoms in total. The molecule has 0 aliphatic carbocycles. The minimum absolute atomic E-state index is 0.738. The molecular weight excluding hydrogens is 458 g/mol. The Hall–Kier alpha value is -2.41. The quantitative estimate of drug-likeness (QED) is 0.195. The summed E-state index contributed by atoms with van der Waals surface area (Å²) >= 11 is 0. The van der Waals surface area contributed by atoms with E-state index in [1.165, 1.54) is 34.2 Å². The smallest absolute Gasteiger partial charge is 0.0961 e. The van der Waals surface area contributed by atoms with Gasteiger partial charge in [0.15, 0.2) is 0 Å². The molecule has 3 heterocycles. The fraction of sp³-hybridized carbons (Fsp3) is 0.700. The highest BCUT2D eigenvalue weighted by Gasteiger charge is 2.18. The molecule has 206 valence electrons. The number of hydrogen-bond donors (Lipinski definition) is 0. The zero-order valence-electron chi connectivity index (χ0n) is 24.5. The Morgan fingerprint density at radius 2 is 0.730 bits per heavy atom. The van der Waals surface area contributed by atoms with E-state index in [1.54, 1.807) is 0 Å². The van der Waals surface area contributed by atoms with E-state index in [9.17, 15) is 0 Å². The number of nitrogens with zero attached hydrogens (tertiary/aromatic N) is 7. The molecule has 0 aliphatic rings. The van der Waals surface area contributed by atoms with E-state index in [0.717, 1.165) is 97.1 Å². The van der Waals surface area contributed by atoms with Crippen molar-refractivity contribution in [1.82, 2.24) is 34.2 Å². The highest BCUT2D eigenvalue weighted by molar-refractivity contribution is 5.13. The summed E-state index contributed by atoms with van der Waals surface area (Å²) in [5, 5.41) is 15.1. The van der Waals surface area contributed by atoms with Gasteiger partial charge in [-0.1, -0.05) is 80.1 Å². The maximum Gasteiger partial charge on any atom is 0.0961 e. The molecule has 3 aromatic rings. The Kier molecular flexibility index (Phi) is 11.9. The first kappa shape index (κ1) is 29.2. The van der Waals surface area contributed by atoms with Crippen molar-refractivity contribution in [3.05, 3.63) is 52.4 Å². The Balaban J connectivity index is 1.96. The van der Waals surface area contributed by atoms with Crippen molar-refractivity contribution in [3.8, 4) is 0 Å². The summed E-state index contributed by atoms with van der Waals surface area (Å²) in [5.41, 5.74) is 7.61. The van der Waals surface area contributed by atoms with Gasteiger partial charge in [0.1, 0.15) is 0 Å². The highest BCUT2D eigenvalue weighted by Crippen LogP contribution is 2.16. The third kappa shape index (κ3) is 8.29. The normalized spacial score (nSPS) is 11.8. The molecule has 3 rings (SSSR count). The molecule has 0 unspecified atom stereocenters. The Bertz CT molecular complexity index is 925. The molecule has 0 aliphatic heterocycles. The van der Waals surface area contributed by atoms with Crippen molar-refractivity contribution in [2.45, 2.75) is 139 Å². The summed E-state index contributed by atoms with van der Waals surface area (Å²) in [6.07, 6.45) is 13.0. The lowest BCUT2D eigenvalue weighted by molar-refractivity contribution is 0.101. The fourth-order valence-corrected chi connectivity index (χ4v) is 5.12. The molecule has 0 bridgehead atoms. The molecule has 0 amide bonds. The predicted octanol–water partition coefficient (Wildman–Crippen LogP) is 6.57. The van der Waals surface area contributed by atoms with E-state index in [1.807, 2.05) is 0 Å². The van der Waals surface area contributed by atoms with E-state index < -0.39 is 0 Å². The van der Waals surface area contributed by atoms with Crippen LogP contribution in [-0.4, -0.2) is 34.2 Å². The fourth-order valence-electron chi connectivity index (χ4n) is 5.12. The second-order valence-corrected chi connectivity index (χ2v) is 10.5.